The van der Waals surface area contributed by atoms with Crippen molar-refractivity contribution in [2.75, 3.05) is 7.11 Å². The number of aromatic amines is 1. The molecule has 0 saturated heterocycles. The summed E-state index contributed by atoms with van der Waals surface area (Å²) in [6.07, 6.45) is 0. The first-order valence-electron chi connectivity index (χ1n) is 6.73. The molecule has 1 heterocycles. The summed E-state index contributed by atoms with van der Waals surface area (Å²) in [4.78, 5) is 11.4. The van der Waals surface area contributed by atoms with E-state index in [2.05, 4.69) is 14.9 Å². The zero-order valence-corrected chi connectivity index (χ0v) is 11.9. The summed E-state index contributed by atoms with van der Waals surface area (Å²) in [5, 5.41) is 6.78. The van der Waals surface area contributed by atoms with Crippen LogP contribution in [0.4, 0.5) is 0 Å². The van der Waals surface area contributed by atoms with Crippen molar-refractivity contribution in [3.8, 4) is 22.8 Å². The van der Waals surface area contributed by atoms with Gasteiger partial charge >= 0.3 is 5.97 Å². The molecule has 3 rings (SSSR count). The lowest BCUT2D eigenvalue weighted by atomic mass is 10.1. The van der Waals surface area contributed by atoms with Crippen molar-refractivity contribution in [1.82, 2.24) is 10.2 Å². The van der Waals surface area contributed by atoms with E-state index >= 15 is 0 Å². The molecular weight excluding hydrogens is 280 g/mol. The van der Waals surface area contributed by atoms with E-state index in [1.807, 2.05) is 54.6 Å². The average Bonchev–Trinajstić information content (AvgIpc) is 3.05. The van der Waals surface area contributed by atoms with Crippen LogP contribution in [0.15, 0.2) is 60.7 Å². The van der Waals surface area contributed by atoms with Gasteiger partial charge in [-0.05, 0) is 30.3 Å². The number of nitrogens with one attached hydrogen (secondary N) is 1. The number of esters is 1. The lowest BCUT2D eigenvalue weighted by Crippen LogP contribution is -2.00. The van der Waals surface area contributed by atoms with Crippen molar-refractivity contribution in [2.24, 2.45) is 0 Å². The van der Waals surface area contributed by atoms with Crippen LogP contribution in [0.2, 0.25) is 0 Å². The number of ether oxygens (including phenoxy) is 2. The first kappa shape index (κ1) is 13.9. The SMILES string of the molecule is COC(=O)c1cc(-c2cccc(Oc3ccccc3)c2)n[nH]1. The molecule has 0 aliphatic heterocycles. The molecule has 0 unspecified atom stereocenters. The molecule has 110 valence electrons. The predicted octanol–water partition coefficient (Wildman–Crippen LogP) is 3.66. The standard InChI is InChI=1S/C17H14N2O3/c1-21-17(20)16-11-15(18-19-16)12-6-5-9-14(10-12)22-13-7-3-2-4-8-13/h2-11H,1H3,(H,18,19). The summed E-state index contributed by atoms with van der Waals surface area (Å²) in [6, 6.07) is 18.7. The summed E-state index contributed by atoms with van der Waals surface area (Å²) < 4.78 is 10.4. The summed E-state index contributed by atoms with van der Waals surface area (Å²) >= 11 is 0. The van der Waals surface area contributed by atoms with Crippen LogP contribution >= 0.6 is 0 Å². The van der Waals surface area contributed by atoms with Crippen LogP contribution in [0.3, 0.4) is 0 Å². The van der Waals surface area contributed by atoms with Gasteiger partial charge in [-0.25, -0.2) is 4.79 Å². The molecule has 5 nitrogen and oxygen atoms in total. The number of benzene rings is 2. The molecule has 1 N–H and O–H groups in total. The Morgan fingerprint density at radius 2 is 1.77 bits per heavy atom. The highest BCUT2D eigenvalue weighted by Crippen LogP contribution is 2.26. The highest BCUT2D eigenvalue weighted by molar-refractivity contribution is 5.88. The smallest absolute Gasteiger partial charge is 0.356 e. The normalized spacial score (nSPS) is 10.2. The lowest BCUT2D eigenvalue weighted by molar-refractivity contribution is 0.0594. The molecule has 0 amide bonds. The fourth-order valence-corrected chi connectivity index (χ4v) is 2.03. The number of carbonyl (C=O) groups excluding carboxylic acids is 1. The zero-order valence-electron chi connectivity index (χ0n) is 11.9. The van der Waals surface area contributed by atoms with E-state index in [1.54, 1.807) is 6.07 Å². The number of methoxy groups -OCH3 is 1. The third-order valence-electron chi connectivity index (χ3n) is 3.09. The summed E-state index contributed by atoms with van der Waals surface area (Å²) in [7, 11) is 1.33. The van der Waals surface area contributed by atoms with Crippen LogP contribution in [0.25, 0.3) is 11.3 Å². The molecule has 0 bridgehead atoms. The summed E-state index contributed by atoms with van der Waals surface area (Å²) in [5.74, 6) is 1.01. The number of hydrogen-bond donors (Lipinski definition) is 1. The third-order valence-corrected chi connectivity index (χ3v) is 3.09. The highest BCUT2D eigenvalue weighted by atomic mass is 16.5. The second-order valence-electron chi connectivity index (χ2n) is 4.60. The van der Waals surface area contributed by atoms with Crippen molar-refractivity contribution >= 4 is 5.97 Å². The second kappa shape index (κ2) is 6.13. The minimum absolute atomic E-state index is 0.312. The van der Waals surface area contributed by atoms with Crippen LogP contribution in [0, 0.1) is 0 Å². The van der Waals surface area contributed by atoms with E-state index in [9.17, 15) is 4.79 Å². The molecule has 0 aliphatic rings. The number of H-pyrrole nitrogens is 1. The molecular formula is C17H14N2O3. The Hall–Kier alpha value is -3.08. The van der Waals surface area contributed by atoms with Crippen molar-refractivity contribution in [1.29, 1.82) is 0 Å². The fourth-order valence-electron chi connectivity index (χ4n) is 2.03. The monoisotopic (exact) mass is 294 g/mol. The molecule has 0 atom stereocenters. The van der Waals surface area contributed by atoms with Gasteiger partial charge in [0.1, 0.15) is 17.2 Å². The Kier molecular flexibility index (Phi) is 3.87. The third kappa shape index (κ3) is 2.98. The molecule has 0 fully saturated rings. The highest BCUT2D eigenvalue weighted by Gasteiger charge is 2.11. The van der Waals surface area contributed by atoms with Gasteiger partial charge in [-0.15, -0.1) is 0 Å². The summed E-state index contributed by atoms with van der Waals surface area (Å²) in [6.45, 7) is 0. The van der Waals surface area contributed by atoms with Crippen molar-refractivity contribution in [2.45, 2.75) is 0 Å². The Labute approximate surface area is 127 Å². The largest absolute Gasteiger partial charge is 0.464 e. The Bertz CT molecular complexity index is 781. The van der Waals surface area contributed by atoms with Crippen LogP contribution in [0.1, 0.15) is 10.5 Å². The molecule has 0 radical (unpaired) electrons. The van der Waals surface area contributed by atoms with Crippen molar-refractivity contribution in [3.63, 3.8) is 0 Å². The van der Waals surface area contributed by atoms with E-state index in [4.69, 9.17) is 4.74 Å². The van der Waals surface area contributed by atoms with Gasteiger partial charge in [-0.1, -0.05) is 30.3 Å². The average molecular weight is 294 g/mol. The maximum Gasteiger partial charge on any atom is 0.356 e. The fraction of sp³-hybridized carbons (Fsp3) is 0.0588. The second-order valence-corrected chi connectivity index (χ2v) is 4.60. The molecule has 0 aliphatic carbocycles. The van der Waals surface area contributed by atoms with E-state index in [1.165, 1.54) is 7.11 Å². The van der Waals surface area contributed by atoms with E-state index < -0.39 is 5.97 Å². The topological polar surface area (TPSA) is 64.2 Å². The Morgan fingerprint density at radius 1 is 1.00 bits per heavy atom. The maximum atomic E-state index is 11.4. The molecule has 5 heteroatoms. The molecule has 2 aromatic carbocycles. The quantitative estimate of drug-likeness (QED) is 0.746. The van der Waals surface area contributed by atoms with Gasteiger partial charge in [-0.3, -0.25) is 5.10 Å². The van der Waals surface area contributed by atoms with Gasteiger partial charge < -0.3 is 9.47 Å². The van der Waals surface area contributed by atoms with Crippen LogP contribution < -0.4 is 4.74 Å². The Morgan fingerprint density at radius 3 is 2.55 bits per heavy atom. The predicted molar refractivity (Wildman–Crippen MR) is 81.9 cm³/mol. The maximum absolute atomic E-state index is 11.4. The zero-order chi connectivity index (χ0) is 15.4. The first-order valence-corrected chi connectivity index (χ1v) is 6.73. The molecule has 1 aromatic heterocycles. The van der Waals surface area contributed by atoms with E-state index in [-0.39, 0.29) is 0 Å². The van der Waals surface area contributed by atoms with Crippen LogP contribution in [-0.2, 0) is 4.74 Å². The minimum atomic E-state index is -0.449. The lowest BCUT2D eigenvalue weighted by Gasteiger charge is -2.06. The molecule has 3 aromatic rings. The van der Waals surface area contributed by atoms with Gasteiger partial charge in [0, 0.05) is 5.56 Å². The first-order chi connectivity index (χ1) is 10.8. The number of para-hydroxylation sites is 1. The van der Waals surface area contributed by atoms with Crippen molar-refractivity contribution in [3.05, 3.63) is 66.4 Å². The summed E-state index contributed by atoms with van der Waals surface area (Å²) in [5.41, 5.74) is 1.81. The van der Waals surface area contributed by atoms with Gasteiger partial charge in [0.15, 0.2) is 0 Å². The number of aromatic nitrogens is 2. The minimum Gasteiger partial charge on any atom is -0.464 e. The van der Waals surface area contributed by atoms with Gasteiger partial charge in [0.05, 0.1) is 12.8 Å². The van der Waals surface area contributed by atoms with E-state index in [0.29, 0.717) is 17.1 Å². The number of carbonyl (C=O) groups is 1. The van der Waals surface area contributed by atoms with Crippen LogP contribution in [0.5, 0.6) is 11.5 Å². The molecule has 0 spiro atoms. The van der Waals surface area contributed by atoms with E-state index in [0.717, 1.165) is 11.3 Å². The molecule has 22 heavy (non-hydrogen) atoms. The van der Waals surface area contributed by atoms with Crippen molar-refractivity contribution < 1.29 is 14.3 Å². The Balaban J connectivity index is 1.85. The number of rotatable bonds is 4. The van der Waals surface area contributed by atoms with Gasteiger partial charge in [-0.2, -0.15) is 5.10 Å². The number of hydrogen-bond acceptors (Lipinski definition) is 4. The number of nitrogens with zero attached hydrogens (tertiary/aromatic N) is 1. The molecule has 0 saturated carbocycles. The van der Waals surface area contributed by atoms with Gasteiger partial charge in [0.25, 0.3) is 0 Å². The van der Waals surface area contributed by atoms with Crippen LogP contribution in [-0.4, -0.2) is 23.3 Å². The van der Waals surface area contributed by atoms with Gasteiger partial charge in [0.2, 0.25) is 0 Å².